The predicted molar refractivity (Wildman–Crippen MR) is 98.3 cm³/mol. The molecule has 0 spiro atoms. The Labute approximate surface area is 159 Å². The maximum Gasteiger partial charge on any atom is 0.373 e. The van der Waals surface area contributed by atoms with Gasteiger partial charge >= 0.3 is 6.15 Å². The van der Waals surface area contributed by atoms with Crippen molar-refractivity contribution in [3.63, 3.8) is 0 Å². The summed E-state index contributed by atoms with van der Waals surface area (Å²) >= 11 is 0. The van der Waals surface area contributed by atoms with Crippen LogP contribution < -0.4 is 10.1 Å². The summed E-state index contributed by atoms with van der Waals surface area (Å²) in [5, 5.41) is 6.89. The topological polar surface area (TPSA) is 98.5 Å². The molecule has 0 aliphatic heterocycles. The van der Waals surface area contributed by atoms with E-state index in [0.29, 0.717) is 24.6 Å². The van der Waals surface area contributed by atoms with E-state index in [0.717, 1.165) is 34.8 Å². The molecule has 1 heterocycles. The van der Waals surface area contributed by atoms with E-state index in [1.807, 2.05) is 32.9 Å². The molecule has 0 bridgehead atoms. The number of aromatic nitrogens is 1. The third-order valence-corrected chi connectivity index (χ3v) is 4.30. The number of hydrogen-bond donors (Lipinski definition) is 1. The zero-order valence-corrected chi connectivity index (χ0v) is 16.4. The molecule has 146 valence electrons. The van der Waals surface area contributed by atoms with E-state index in [4.69, 9.17) is 18.8 Å². The average molecular weight is 374 g/mol. The van der Waals surface area contributed by atoms with Crippen LogP contribution in [0.4, 0.5) is 0 Å². The Bertz CT molecular complexity index is 772. The van der Waals surface area contributed by atoms with Crippen LogP contribution in [0.5, 0.6) is 5.75 Å². The first kappa shape index (κ1) is 22.1. The minimum absolute atomic E-state index is 0.0457. The van der Waals surface area contributed by atoms with Crippen molar-refractivity contribution in [1.82, 2.24) is 10.5 Å². The molecule has 2 rings (SSSR count). The van der Waals surface area contributed by atoms with Gasteiger partial charge in [0.15, 0.2) is 0 Å². The predicted octanol–water partition coefficient (Wildman–Crippen LogP) is 3.37. The van der Waals surface area contributed by atoms with Gasteiger partial charge in [0.1, 0.15) is 18.1 Å². The van der Waals surface area contributed by atoms with Crippen molar-refractivity contribution in [2.75, 3.05) is 6.54 Å². The number of nitrogens with one attached hydrogen (secondary N) is 1. The van der Waals surface area contributed by atoms with Gasteiger partial charge < -0.3 is 14.6 Å². The zero-order valence-electron chi connectivity index (χ0n) is 16.4. The second kappa shape index (κ2) is 10.9. The normalized spacial score (nSPS) is 11.0. The number of rotatable bonds is 7. The summed E-state index contributed by atoms with van der Waals surface area (Å²) in [7, 11) is 0. The van der Waals surface area contributed by atoms with Crippen LogP contribution in [-0.4, -0.2) is 23.8 Å². The molecule has 0 aliphatic rings. The van der Waals surface area contributed by atoms with Gasteiger partial charge in [-0.3, -0.25) is 4.79 Å². The third-order valence-electron chi connectivity index (χ3n) is 4.30. The van der Waals surface area contributed by atoms with Gasteiger partial charge in [-0.25, -0.2) is 0 Å². The maximum atomic E-state index is 12.2. The summed E-state index contributed by atoms with van der Waals surface area (Å²) in [5.74, 6) is 1.96. The molecule has 0 fully saturated rings. The number of benzene rings is 1. The molecule has 7 nitrogen and oxygen atoms in total. The van der Waals surface area contributed by atoms with Crippen LogP contribution in [0, 0.1) is 26.7 Å². The van der Waals surface area contributed by atoms with Crippen LogP contribution in [-0.2, 0) is 16.2 Å². The molecule has 1 unspecified atom stereocenters. The summed E-state index contributed by atoms with van der Waals surface area (Å²) in [4.78, 5) is 28.4. The summed E-state index contributed by atoms with van der Waals surface area (Å²) < 4.78 is 11.0. The lowest BCUT2D eigenvalue weighted by atomic mass is 10.1. The molecule has 1 amide bonds. The van der Waals surface area contributed by atoms with Crippen molar-refractivity contribution in [1.29, 1.82) is 0 Å². The van der Waals surface area contributed by atoms with Crippen LogP contribution in [0.1, 0.15) is 53.2 Å². The molecule has 1 N–H and O–H groups in total. The van der Waals surface area contributed by atoms with E-state index in [-0.39, 0.29) is 12.1 Å². The molecule has 1 aromatic heterocycles. The van der Waals surface area contributed by atoms with Gasteiger partial charge in [0, 0.05) is 12.1 Å². The molecule has 0 radical (unpaired) electrons. The number of carbonyl (C=O) groups is 1. The van der Waals surface area contributed by atoms with Crippen LogP contribution in [0.2, 0.25) is 0 Å². The van der Waals surface area contributed by atoms with Crippen molar-refractivity contribution >= 4 is 12.1 Å². The van der Waals surface area contributed by atoms with Gasteiger partial charge in [-0.2, -0.15) is 9.59 Å². The zero-order chi connectivity index (χ0) is 20.4. The fourth-order valence-electron chi connectivity index (χ4n) is 2.32. The van der Waals surface area contributed by atoms with E-state index in [1.54, 1.807) is 6.07 Å². The first-order valence-corrected chi connectivity index (χ1v) is 8.76. The molecular formula is C20H26N2O5. The number of amides is 1. The smallest absolute Gasteiger partial charge is 0.373 e. The number of ether oxygens (including phenoxy) is 1. The number of nitrogens with zero attached hydrogens (tertiary/aromatic N) is 1. The highest BCUT2D eigenvalue weighted by Gasteiger charge is 2.12. The molecule has 1 atom stereocenters. The molecule has 0 saturated heterocycles. The number of hydrogen-bond acceptors (Lipinski definition) is 6. The van der Waals surface area contributed by atoms with Crippen molar-refractivity contribution in [3.05, 3.63) is 46.3 Å². The fraction of sp³-hybridized carbons (Fsp3) is 0.450. The quantitative estimate of drug-likeness (QED) is 0.798. The van der Waals surface area contributed by atoms with Crippen molar-refractivity contribution in [2.45, 2.75) is 47.6 Å². The van der Waals surface area contributed by atoms with E-state index >= 15 is 0 Å². The van der Waals surface area contributed by atoms with Crippen molar-refractivity contribution in [3.8, 4) is 5.75 Å². The molecule has 1 aromatic carbocycles. The SMILES string of the molecule is CCC(C)CNC(=O)c1ccc(OCc2c(C)noc2C)c(C)c1.O=C=O. The van der Waals surface area contributed by atoms with Gasteiger partial charge in [-0.05, 0) is 50.5 Å². The van der Waals surface area contributed by atoms with Gasteiger partial charge in [0.2, 0.25) is 0 Å². The standard InChI is InChI=1S/C19H26N2O3.CO2/c1-6-12(2)10-20-19(22)16-7-8-18(13(3)9-16)23-11-17-14(4)21-24-15(17)5;2-1-3/h7-9,12H,6,10-11H2,1-5H3,(H,20,22);. The lowest BCUT2D eigenvalue weighted by molar-refractivity contribution is -0.191. The number of carbonyl (C=O) groups excluding carboxylic acids is 3. The molecule has 0 aliphatic carbocycles. The van der Waals surface area contributed by atoms with E-state index in [1.165, 1.54) is 0 Å². The monoisotopic (exact) mass is 374 g/mol. The molecule has 0 saturated carbocycles. The Kier molecular flexibility index (Phi) is 8.96. The summed E-state index contributed by atoms with van der Waals surface area (Å²) in [6.07, 6.45) is 1.30. The summed E-state index contributed by atoms with van der Waals surface area (Å²) in [6, 6.07) is 5.49. The van der Waals surface area contributed by atoms with Gasteiger partial charge in [0.05, 0.1) is 11.3 Å². The molecule has 2 aromatic rings. The maximum absolute atomic E-state index is 12.2. The van der Waals surface area contributed by atoms with E-state index in [2.05, 4.69) is 24.3 Å². The summed E-state index contributed by atoms with van der Waals surface area (Å²) in [5.41, 5.74) is 3.38. The number of aryl methyl sites for hydroxylation is 3. The minimum Gasteiger partial charge on any atom is -0.488 e. The van der Waals surface area contributed by atoms with E-state index < -0.39 is 0 Å². The van der Waals surface area contributed by atoms with Gasteiger partial charge in [-0.1, -0.05) is 25.4 Å². The first-order valence-electron chi connectivity index (χ1n) is 8.76. The Hall–Kier alpha value is -2.92. The first-order chi connectivity index (χ1) is 12.8. The Balaban J connectivity index is 0.00000114. The third kappa shape index (κ3) is 6.72. The minimum atomic E-state index is -0.0457. The van der Waals surface area contributed by atoms with Gasteiger partial charge in [0.25, 0.3) is 5.91 Å². The lowest BCUT2D eigenvalue weighted by Crippen LogP contribution is -2.28. The van der Waals surface area contributed by atoms with Crippen LogP contribution in [0.25, 0.3) is 0 Å². The highest BCUT2D eigenvalue weighted by atomic mass is 16.5. The Morgan fingerprint density at radius 1 is 1.30 bits per heavy atom. The van der Waals surface area contributed by atoms with Gasteiger partial charge in [-0.15, -0.1) is 0 Å². The molecular weight excluding hydrogens is 348 g/mol. The Morgan fingerprint density at radius 3 is 2.48 bits per heavy atom. The Morgan fingerprint density at radius 2 is 1.96 bits per heavy atom. The second-order valence-corrected chi connectivity index (χ2v) is 6.38. The van der Waals surface area contributed by atoms with Crippen LogP contribution >= 0.6 is 0 Å². The lowest BCUT2D eigenvalue weighted by Gasteiger charge is -2.12. The van der Waals surface area contributed by atoms with Crippen molar-refractivity contribution in [2.24, 2.45) is 5.92 Å². The summed E-state index contributed by atoms with van der Waals surface area (Å²) in [6.45, 7) is 11.0. The average Bonchev–Trinajstić information content (AvgIpc) is 2.97. The molecule has 27 heavy (non-hydrogen) atoms. The molecule has 7 heteroatoms. The second-order valence-electron chi connectivity index (χ2n) is 6.38. The highest BCUT2D eigenvalue weighted by molar-refractivity contribution is 5.94. The van der Waals surface area contributed by atoms with Crippen LogP contribution in [0.15, 0.2) is 22.7 Å². The largest absolute Gasteiger partial charge is 0.488 e. The van der Waals surface area contributed by atoms with Crippen LogP contribution in [0.3, 0.4) is 0 Å². The van der Waals surface area contributed by atoms with Crippen molar-refractivity contribution < 1.29 is 23.6 Å². The fourth-order valence-corrected chi connectivity index (χ4v) is 2.32. The van der Waals surface area contributed by atoms with E-state index in [9.17, 15) is 4.79 Å². The highest BCUT2D eigenvalue weighted by Crippen LogP contribution is 2.22.